The Kier molecular flexibility index (Phi) is 3.99. The smallest absolute Gasteiger partial charge is 0.274 e. The zero-order chi connectivity index (χ0) is 16.2. The lowest BCUT2D eigenvalue weighted by atomic mass is 10.1. The number of aromatic nitrogens is 1. The maximum atomic E-state index is 12.2. The second-order valence-corrected chi connectivity index (χ2v) is 4.88. The summed E-state index contributed by atoms with van der Waals surface area (Å²) in [6.07, 6.45) is 1.71. The largest absolute Gasteiger partial charge is 0.322 e. The van der Waals surface area contributed by atoms with E-state index >= 15 is 0 Å². The first-order chi connectivity index (χ1) is 11.2. The van der Waals surface area contributed by atoms with Crippen LogP contribution in [0.15, 0.2) is 60.8 Å². The number of carbonyl (C=O) groups is 2. The molecule has 0 aliphatic rings. The number of hydroxylamine groups is 1. The third-order valence-electron chi connectivity index (χ3n) is 3.37. The normalized spacial score (nSPS) is 10.3. The molecule has 0 bridgehead atoms. The van der Waals surface area contributed by atoms with Gasteiger partial charge >= 0.3 is 0 Å². The number of pyridine rings is 1. The van der Waals surface area contributed by atoms with Crippen molar-refractivity contribution in [1.82, 2.24) is 10.5 Å². The Balaban J connectivity index is 1.78. The van der Waals surface area contributed by atoms with E-state index in [-0.39, 0.29) is 11.5 Å². The predicted molar refractivity (Wildman–Crippen MR) is 85.4 cm³/mol. The summed E-state index contributed by atoms with van der Waals surface area (Å²) in [5.74, 6) is -0.914. The number of hydrogen-bond acceptors (Lipinski definition) is 4. The highest BCUT2D eigenvalue weighted by molar-refractivity contribution is 6.05. The van der Waals surface area contributed by atoms with Crippen molar-refractivity contribution in [3.63, 3.8) is 0 Å². The van der Waals surface area contributed by atoms with E-state index < -0.39 is 5.91 Å². The van der Waals surface area contributed by atoms with Gasteiger partial charge in [0.15, 0.2) is 0 Å². The number of hydrogen-bond donors (Lipinski definition) is 3. The van der Waals surface area contributed by atoms with Gasteiger partial charge in [-0.05, 0) is 48.5 Å². The second kappa shape index (κ2) is 6.25. The van der Waals surface area contributed by atoms with E-state index in [1.807, 2.05) is 24.3 Å². The molecule has 6 heteroatoms. The Morgan fingerprint density at radius 3 is 2.30 bits per heavy atom. The van der Waals surface area contributed by atoms with Crippen molar-refractivity contribution in [3.05, 3.63) is 71.9 Å². The molecule has 0 saturated carbocycles. The molecule has 0 fully saturated rings. The van der Waals surface area contributed by atoms with Gasteiger partial charge in [0, 0.05) is 28.4 Å². The molecule has 3 rings (SSSR count). The molecule has 0 unspecified atom stereocenters. The van der Waals surface area contributed by atoms with Crippen LogP contribution < -0.4 is 10.8 Å². The van der Waals surface area contributed by atoms with E-state index in [0.717, 1.165) is 10.9 Å². The lowest BCUT2D eigenvalue weighted by molar-refractivity contribution is 0.0706. The van der Waals surface area contributed by atoms with Gasteiger partial charge in [-0.25, -0.2) is 5.48 Å². The van der Waals surface area contributed by atoms with Crippen molar-refractivity contribution in [2.24, 2.45) is 0 Å². The minimum absolute atomic E-state index is 0.265. The van der Waals surface area contributed by atoms with Crippen LogP contribution in [-0.2, 0) is 0 Å². The number of anilines is 1. The molecule has 0 radical (unpaired) electrons. The van der Waals surface area contributed by atoms with Gasteiger partial charge in [-0.3, -0.25) is 19.8 Å². The first kappa shape index (κ1) is 14.7. The summed E-state index contributed by atoms with van der Waals surface area (Å²) in [4.78, 5) is 27.7. The fourth-order valence-electron chi connectivity index (χ4n) is 2.19. The van der Waals surface area contributed by atoms with Crippen molar-refractivity contribution < 1.29 is 14.8 Å². The summed E-state index contributed by atoms with van der Waals surface area (Å²) in [6.45, 7) is 0. The third kappa shape index (κ3) is 3.17. The van der Waals surface area contributed by atoms with E-state index in [4.69, 9.17) is 5.21 Å². The summed E-state index contributed by atoms with van der Waals surface area (Å²) in [5.41, 5.74) is 3.73. The van der Waals surface area contributed by atoms with Crippen molar-refractivity contribution in [2.75, 3.05) is 5.32 Å². The van der Waals surface area contributed by atoms with Gasteiger partial charge in [0.25, 0.3) is 11.8 Å². The van der Waals surface area contributed by atoms with Gasteiger partial charge in [0.2, 0.25) is 0 Å². The Hall–Kier alpha value is -3.25. The van der Waals surface area contributed by atoms with Crippen LogP contribution in [0.3, 0.4) is 0 Å². The summed E-state index contributed by atoms with van der Waals surface area (Å²) < 4.78 is 0. The van der Waals surface area contributed by atoms with Crippen LogP contribution in [0, 0.1) is 0 Å². The summed E-state index contributed by atoms with van der Waals surface area (Å²) in [6, 6.07) is 15.2. The number of nitrogens with one attached hydrogen (secondary N) is 2. The van der Waals surface area contributed by atoms with Crippen LogP contribution in [-0.4, -0.2) is 22.0 Å². The molecule has 0 saturated heterocycles. The van der Waals surface area contributed by atoms with E-state index in [1.54, 1.807) is 17.7 Å². The molecule has 2 aromatic carbocycles. The van der Waals surface area contributed by atoms with Gasteiger partial charge < -0.3 is 5.32 Å². The molecule has 1 heterocycles. The molecule has 1 aromatic heterocycles. The highest BCUT2D eigenvalue weighted by atomic mass is 16.5. The fraction of sp³-hybridized carbons (Fsp3) is 0. The van der Waals surface area contributed by atoms with Crippen LogP contribution in [0.2, 0.25) is 0 Å². The topological polar surface area (TPSA) is 91.3 Å². The highest BCUT2D eigenvalue weighted by Gasteiger charge is 2.09. The van der Waals surface area contributed by atoms with Gasteiger partial charge in [-0.15, -0.1) is 0 Å². The first-order valence-corrected chi connectivity index (χ1v) is 6.88. The standard InChI is InChI=1S/C17H13N3O3/c21-16(11-3-5-12(6-4-11)17(22)20-23)19-14-7-8-15-13(10-14)2-1-9-18-15/h1-10,23H,(H,19,21)(H,20,22). The molecular weight excluding hydrogens is 294 g/mol. The minimum atomic E-state index is -0.626. The molecule has 2 amide bonds. The maximum Gasteiger partial charge on any atom is 0.274 e. The van der Waals surface area contributed by atoms with Gasteiger partial charge in [0.1, 0.15) is 0 Å². The summed E-state index contributed by atoms with van der Waals surface area (Å²) >= 11 is 0. The lowest BCUT2D eigenvalue weighted by Gasteiger charge is -2.07. The first-order valence-electron chi connectivity index (χ1n) is 6.88. The van der Waals surface area contributed by atoms with Crippen molar-refractivity contribution in [2.45, 2.75) is 0 Å². The second-order valence-electron chi connectivity index (χ2n) is 4.88. The van der Waals surface area contributed by atoms with E-state index in [0.29, 0.717) is 11.3 Å². The molecule has 23 heavy (non-hydrogen) atoms. The van der Waals surface area contributed by atoms with Gasteiger partial charge in [-0.2, -0.15) is 0 Å². The van der Waals surface area contributed by atoms with Crippen LogP contribution in [0.4, 0.5) is 5.69 Å². The monoisotopic (exact) mass is 307 g/mol. The average molecular weight is 307 g/mol. The number of rotatable bonds is 3. The number of fused-ring (bicyclic) bond motifs is 1. The van der Waals surface area contributed by atoms with Crippen molar-refractivity contribution in [1.29, 1.82) is 0 Å². The van der Waals surface area contributed by atoms with Crippen molar-refractivity contribution in [3.8, 4) is 0 Å². The number of nitrogens with zero attached hydrogens (tertiary/aromatic N) is 1. The lowest BCUT2D eigenvalue weighted by Crippen LogP contribution is -2.19. The van der Waals surface area contributed by atoms with Gasteiger partial charge in [-0.1, -0.05) is 6.07 Å². The number of benzene rings is 2. The molecule has 0 atom stereocenters. The zero-order valence-electron chi connectivity index (χ0n) is 12.0. The van der Waals surface area contributed by atoms with Crippen LogP contribution in [0.25, 0.3) is 10.9 Å². The Bertz CT molecular complexity index is 876. The Morgan fingerprint density at radius 2 is 1.61 bits per heavy atom. The molecule has 0 aliphatic carbocycles. The summed E-state index contributed by atoms with van der Waals surface area (Å²) in [5, 5.41) is 12.3. The van der Waals surface area contributed by atoms with Crippen LogP contribution in [0.5, 0.6) is 0 Å². The SMILES string of the molecule is O=C(NO)c1ccc(C(=O)Nc2ccc3ncccc3c2)cc1. The van der Waals surface area contributed by atoms with E-state index in [1.165, 1.54) is 24.3 Å². The fourth-order valence-corrected chi connectivity index (χ4v) is 2.19. The summed E-state index contributed by atoms with van der Waals surface area (Å²) in [7, 11) is 0. The van der Waals surface area contributed by atoms with E-state index in [2.05, 4.69) is 10.3 Å². The highest BCUT2D eigenvalue weighted by Crippen LogP contribution is 2.18. The van der Waals surface area contributed by atoms with Crippen LogP contribution >= 0.6 is 0 Å². The molecular formula is C17H13N3O3. The maximum absolute atomic E-state index is 12.2. The molecule has 114 valence electrons. The third-order valence-corrected chi connectivity index (χ3v) is 3.37. The van der Waals surface area contributed by atoms with Gasteiger partial charge in [0.05, 0.1) is 5.52 Å². The molecule has 0 spiro atoms. The quantitative estimate of drug-likeness (QED) is 0.512. The number of amides is 2. The molecule has 3 N–H and O–H groups in total. The number of carbonyl (C=O) groups excluding carboxylic acids is 2. The zero-order valence-corrected chi connectivity index (χ0v) is 12.0. The van der Waals surface area contributed by atoms with Crippen molar-refractivity contribution >= 4 is 28.4 Å². The Labute approximate surface area is 131 Å². The molecule has 3 aromatic rings. The van der Waals surface area contributed by atoms with Crippen LogP contribution in [0.1, 0.15) is 20.7 Å². The average Bonchev–Trinajstić information content (AvgIpc) is 2.61. The Morgan fingerprint density at radius 1 is 0.913 bits per heavy atom. The van der Waals surface area contributed by atoms with E-state index in [9.17, 15) is 9.59 Å². The predicted octanol–water partition coefficient (Wildman–Crippen LogP) is 2.61. The molecule has 6 nitrogen and oxygen atoms in total. The molecule has 0 aliphatic heterocycles. The minimum Gasteiger partial charge on any atom is -0.322 e.